The summed E-state index contributed by atoms with van der Waals surface area (Å²) >= 11 is 0. The normalized spacial score (nSPS) is 18.0. The number of hydrogen-bond donors (Lipinski definition) is 2. The lowest BCUT2D eigenvalue weighted by Gasteiger charge is -2.17. The molecule has 1 spiro atoms. The van der Waals surface area contributed by atoms with Crippen LogP contribution in [0.1, 0.15) is 38.2 Å². The molecule has 0 aromatic carbocycles. The zero-order valence-electron chi connectivity index (χ0n) is 15.1. The van der Waals surface area contributed by atoms with E-state index in [2.05, 4.69) is 43.8 Å². The van der Waals surface area contributed by atoms with E-state index in [0.717, 1.165) is 47.4 Å². The molecule has 0 amide bonds. The summed E-state index contributed by atoms with van der Waals surface area (Å²) in [5.74, 6) is 0.672. The van der Waals surface area contributed by atoms with Gasteiger partial charge in [0.25, 0.3) is 0 Å². The molecule has 2 N–H and O–H groups in total. The second-order valence-corrected chi connectivity index (χ2v) is 6.99. The lowest BCUT2D eigenvalue weighted by atomic mass is 9.99. The summed E-state index contributed by atoms with van der Waals surface area (Å²) in [6.45, 7) is 2.81. The Morgan fingerprint density at radius 1 is 1.19 bits per heavy atom. The highest BCUT2D eigenvalue weighted by molar-refractivity contribution is 5.97. The fourth-order valence-electron chi connectivity index (χ4n) is 3.92. The molecule has 3 aromatic heterocycles. The Bertz CT molecular complexity index is 1010. The van der Waals surface area contributed by atoms with E-state index in [9.17, 15) is 0 Å². The molecule has 2 aliphatic rings. The van der Waals surface area contributed by atoms with Crippen molar-refractivity contribution in [3.05, 3.63) is 42.6 Å². The van der Waals surface area contributed by atoms with Crippen molar-refractivity contribution in [3.8, 4) is 0 Å². The predicted octanol–water partition coefficient (Wildman–Crippen LogP) is 3.17. The van der Waals surface area contributed by atoms with Gasteiger partial charge in [0.2, 0.25) is 0 Å². The standard InChI is InChI=1S/C19H21N7O/c1-2-26-18-14(11-23-26)17(24-16-12-20-7-8-21-16)13(10-22-18)15-9-19(27-25-15)5-3-4-6-19/h7-12,25H,2-6H2,1H3,(H,21,22,24). The van der Waals surface area contributed by atoms with E-state index >= 15 is 0 Å². The molecule has 0 radical (unpaired) electrons. The number of pyridine rings is 1. The predicted molar refractivity (Wildman–Crippen MR) is 102 cm³/mol. The zero-order valence-corrected chi connectivity index (χ0v) is 15.1. The maximum Gasteiger partial charge on any atom is 0.159 e. The molecule has 138 valence electrons. The Morgan fingerprint density at radius 2 is 2.07 bits per heavy atom. The van der Waals surface area contributed by atoms with Crippen LogP contribution in [0.2, 0.25) is 0 Å². The van der Waals surface area contributed by atoms with Crippen LogP contribution in [0.15, 0.2) is 37.1 Å². The number of hydroxylamine groups is 1. The van der Waals surface area contributed by atoms with Gasteiger partial charge in [-0.3, -0.25) is 15.3 Å². The van der Waals surface area contributed by atoms with E-state index in [0.29, 0.717) is 5.82 Å². The molecule has 0 saturated heterocycles. The van der Waals surface area contributed by atoms with Gasteiger partial charge in [-0.15, -0.1) is 0 Å². The van der Waals surface area contributed by atoms with Crippen LogP contribution in [-0.2, 0) is 11.4 Å². The van der Waals surface area contributed by atoms with E-state index in [1.54, 1.807) is 18.6 Å². The van der Waals surface area contributed by atoms with Crippen LogP contribution in [-0.4, -0.2) is 30.3 Å². The first-order valence-corrected chi connectivity index (χ1v) is 9.33. The topological polar surface area (TPSA) is 89.8 Å². The first-order valence-electron chi connectivity index (χ1n) is 9.33. The van der Waals surface area contributed by atoms with E-state index in [1.165, 1.54) is 12.8 Å². The van der Waals surface area contributed by atoms with Crippen molar-refractivity contribution < 1.29 is 4.84 Å². The van der Waals surface area contributed by atoms with Crippen molar-refractivity contribution in [2.75, 3.05) is 5.32 Å². The minimum absolute atomic E-state index is 0.193. The Kier molecular flexibility index (Phi) is 3.78. The minimum atomic E-state index is -0.193. The molecule has 0 bridgehead atoms. The fraction of sp³-hybridized carbons (Fsp3) is 0.368. The van der Waals surface area contributed by atoms with Crippen LogP contribution in [0.3, 0.4) is 0 Å². The highest BCUT2D eigenvalue weighted by Crippen LogP contribution is 2.41. The number of aromatic nitrogens is 5. The van der Waals surface area contributed by atoms with Gasteiger partial charge in [-0.25, -0.2) is 14.6 Å². The molecule has 27 heavy (non-hydrogen) atoms. The number of nitrogens with one attached hydrogen (secondary N) is 2. The first-order chi connectivity index (χ1) is 13.3. The van der Waals surface area contributed by atoms with Crippen molar-refractivity contribution in [2.45, 2.75) is 44.8 Å². The zero-order chi connectivity index (χ0) is 18.3. The Balaban J connectivity index is 1.64. The summed E-state index contributed by atoms with van der Waals surface area (Å²) in [5, 5.41) is 8.81. The molecular formula is C19H21N7O. The number of nitrogens with zero attached hydrogens (tertiary/aromatic N) is 5. The lowest BCUT2D eigenvalue weighted by molar-refractivity contribution is -0.0289. The summed E-state index contributed by atoms with van der Waals surface area (Å²) in [7, 11) is 0. The fourth-order valence-corrected chi connectivity index (χ4v) is 3.92. The molecule has 3 aromatic rings. The highest BCUT2D eigenvalue weighted by Gasteiger charge is 2.38. The largest absolute Gasteiger partial charge is 0.338 e. The summed E-state index contributed by atoms with van der Waals surface area (Å²) < 4.78 is 1.88. The number of rotatable bonds is 4. The summed E-state index contributed by atoms with van der Waals surface area (Å²) in [6, 6.07) is 0. The van der Waals surface area contributed by atoms with Crippen LogP contribution >= 0.6 is 0 Å². The lowest BCUT2D eigenvalue weighted by Crippen LogP contribution is -2.25. The third kappa shape index (κ3) is 2.73. The van der Waals surface area contributed by atoms with Gasteiger partial charge < -0.3 is 5.32 Å². The molecule has 8 heteroatoms. The van der Waals surface area contributed by atoms with E-state index < -0.39 is 0 Å². The number of anilines is 2. The summed E-state index contributed by atoms with van der Waals surface area (Å²) in [6.07, 6.45) is 15.4. The number of hydrogen-bond acceptors (Lipinski definition) is 7. The monoisotopic (exact) mass is 363 g/mol. The smallest absolute Gasteiger partial charge is 0.159 e. The second kappa shape index (κ2) is 6.31. The highest BCUT2D eigenvalue weighted by atomic mass is 16.7. The molecule has 1 aliphatic carbocycles. The average molecular weight is 363 g/mol. The van der Waals surface area contributed by atoms with Gasteiger partial charge in [-0.05, 0) is 25.8 Å². The molecule has 1 fully saturated rings. The number of fused-ring (bicyclic) bond motifs is 1. The third-order valence-electron chi connectivity index (χ3n) is 5.29. The SMILES string of the molecule is CCn1ncc2c(Nc3cnccn3)c(C3=CC4(CCCC4)ON3)cnc21. The van der Waals surface area contributed by atoms with E-state index in [1.807, 2.05) is 17.1 Å². The number of aryl methyl sites for hydroxylation is 1. The molecule has 8 nitrogen and oxygen atoms in total. The van der Waals surface area contributed by atoms with Crippen LogP contribution in [0.25, 0.3) is 16.7 Å². The van der Waals surface area contributed by atoms with Gasteiger partial charge in [0.1, 0.15) is 11.4 Å². The van der Waals surface area contributed by atoms with Gasteiger partial charge in [-0.2, -0.15) is 5.10 Å². The van der Waals surface area contributed by atoms with Crippen LogP contribution in [0, 0.1) is 0 Å². The maximum absolute atomic E-state index is 5.97. The van der Waals surface area contributed by atoms with Gasteiger partial charge in [0, 0.05) is 30.7 Å². The van der Waals surface area contributed by atoms with E-state index in [4.69, 9.17) is 4.84 Å². The maximum atomic E-state index is 5.97. The van der Waals surface area contributed by atoms with Crippen LogP contribution in [0.4, 0.5) is 11.5 Å². The van der Waals surface area contributed by atoms with Crippen molar-refractivity contribution in [1.29, 1.82) is 0 Å². The molecule has 0 unspecified atom stereocenters. The van der Waals surface area contributed by atoms with Crippen molar-refractivity contribution >= 4 is 28.2 Å². The van der Waals surface area contributed by atoms with Gasteiger partial charge >= 0.3 is 0 Å². The van der Waals surface area contributed by atoms with Gasteiger partial charge in [0.05, 0.1) is 29.2 Å². The molecule has 4 heterocycles. The minimum Gasteiger partial charge on any atom is -0.338 e. The Morgan fingerprint density at radius 3 is 2.85 bits per heavy atom. The Hall–Kier alpha value is -3.00. The summed E-state index contributed by atoms with van der Waals surface area (Å²) in [4.78, 5) is 19.1. The van der Waals surface area contributed by atoms with Crippen molar-refractivity contribution in [3.63, 3.8) is 0 Å². The quantitative estimate of drug-likeness (QED) is 0.736. The van der Waals surface area contributed by atoms with Crippen molar-refractivity contribution in [1.82, 2.24) is 30.2 Å². The first kappa shape index (κ1) is 16.2. The molecular weight excluding hydrogens is 342 g/mol. The van der Waals surface area contributed by atoms with Crippen LogP contribution in [0.5, 0.6) is 0 Å². The average Bonchev–Trinajstić information content (AvgIpc) is 3.44. The third-order valence-corrected chi connectivity index (χ3v) is 5.29. The molecule has 0 atom stereocenters. The van der Waals surface area contributed by atoms with Gasteiger partial charge in [0.15, 0.2) is 5.65 Å². The molecule has 1 saturated carbocycles. The van der Waals surface area contributed by atoms with Gasteiger partial charge in [-0.1, -0.05) is 12.8 Å². The molecule has 5 rings (SSSR count). The molecule has 1 aliphatic heterocycles. The Labute approximate surface area is 156 Å². The second-order valence-electron chi connectivity index (χ2n) is 6.99. The summed E-state index contributed by atoms with van der Waals surface area (Å²) in [5.41, 5.74) is 6.55. The van der Waals surface area contributed by atoms with E-state index in [-0.39, 0.29) is 5.60 Å². The van der Waals surface area contributed by atoms with Crippen LogP contribution < -0.4 is 10.8 Å². The van der Waals surface area contributed by atoms with Crippen molar-refractivity contribution in [2.24, 2.45) is 0 Å².